The van der Waals surface area contributed by atoms with Crippen LogP contribution in [0.1, 0.15) is 5.56 Å². The Labute approximate surface area is 150 Å². The highest BCUT2D eigenvalue weighted by molar-refractivity contribution is 5.82. The quantitative estimate of drug-likeness (QED) is 0.564. The van der Waals surface area contributed by atoms with Gasteiger partial charge in [0.05, 0.1) is 17.1 Å². The Balaban J connectivity index is 1.51. The van der Waals surface area contributed by atoms with Gasteiger partial charge in [0.1, 0.15) is 5.75 Å². The number of hydrogen-bond acceptors (Lipinski definition) is 6. The van der Waals surface area contributed by atoms with Crippen LogP contribution in [-0.2, 0) is 0 Å². The van der Waals surface area contributed by atoms with Gasteiger partial charge in [-0.1, -0.05) is 17.7 Å². The summed E-state index contributed by atoms with van der Waals surface area (Å²) in [7, 11) is 0. The first-order valence-electron chi connectivity index (χ1n) is 8.10. The van der Waals surface area contributed by atoms with Crippen molar-refractivity contribution in [3.8, 4) is 17.6 Å². The van der Waals surface area contributed by atoms with E-state index in [1.54, 1.807) is 18.5 Å². The molecule has 0 aliphatic carbocycles. The summed E-state index contributed by atoms with van der Waals surface area (Å²) in [6, 6.07) is 17.3. The molecule has 6 nitrogen and oxygen atoms in total. The van der Waals surface area contributed by atoms with Gasteiger partial charge in [0.2, 0.25) is 5.88 Å². The third-order valence-electron chi connectivity index (χ3n) is 3.86. The molecule has 0 saturated heterocycles. The summed E-state index contributed by atoms with van der Waals surface area (Å²) in [6.45, 7) is 2.05. The molecule has 0 fully saturated rings. The number of hydrogen-bond donors (Lipinski definition) is 2. The molecule has 0 amide bonds. The lowest BCUT2D eigenvalue weighted by Crippen LogP contribution is -1.94. The predicted octanol–water partition coefficient (Wildman–Crippen LogP) is 4.57. The van der Waals surface area contributed by atoms with Crippen molar-refractivity contribution in [2.75, 3.05) is 5.32 Å². The smallest absolute Gasteiger partial charge is 0.325 e. The van der Waals surface area contributed by atoms with Gasteiger partial charge in [0.15, 0.2) is 0 Å². The Morgan fingerprint density at radius 2 is 1.58 bits per heavy atom. The molecule has 0 unspecified atom stereocenters. The maximum atomic E-state index is 9.99. The van der Waals surface area contributed by atoms with E-state index in [2.05, 4.69) is 39.3 Å². The zero-order valence-corrected chi connectivity index (χ0v) is 14.0. The molecular weight excluding hydrogens is 328 g/mol. The zero-order chi connectivity index (χ0) is 17.9. The largest absolute Gasteiger partial charge is 0.493 e. The first kappa shape index (κ1) is 15.8. The standard InChI is InChI=1S/C20H16N4O2/c1-13-2-4-14(5-3-13)22-15-6-8-16(9-7-15)26-20-23-18-12-21-11-10-17(18)19(25)24-20/h2-12,22H,1H3,(H,23,24,25). The Kier molecular flexibility index (Phi) is 4.07. The molecule has 0 radical (unpaired) electrons. The minimum Gasteiger partial charge on any atom is -0.493 e. The fourth-order valence-electron chi connectivity index (χ4n) is 2.50. The molecule has 0 aliphatic heterocycles. The number of pyridine rings is 1. The molecule has 128 valence electrons. The topological polar surface area (TPSA) is 80.2 Å². The van der Waals surface area contributed by atoms with Gasteiger partial charge in [-0.25, -0.2) is 0 Å². The summed E-state index contributed by atoms with van der Waals surface area (Å²) in [5, 5.41) is 13.8. The first-order chi connectivity index (χ1) is 12.7. The number of rotatable bonds is 4. The highest BCUT2D eigenvalue weighted by Gasteiger charge is 2.08. The van der Waals surface area contributed by atoms with E-state index in [-0.39, 0.29) is 11.9 Å². The highest BCUT2D eigenvalue weighted by Crippen LogP contribution is 2.27. The normalized spacial score (nSPS) is 10.7. The van der Waals surface area contributed by atoms with Crippen LogP contribution < -0.4 is 10.1 Å². The second-order valence-corrected chi connectivity index (χ2v) is 5.84. The summed E-state index contributed by atoms with van der Waals surface area (Å²) in [4.78, 5) is 12.2. The summed E-state index contributed by atoms with van der Waals surface area (Å²) in [5.41, 5.74) is 3.69. The number of fused-ring (bicyclic) bond motifs is 1. The maximum absolute atomic E-state index is 9.99. The number of aromatic nitrogens is 3. The Morgan fingerprint density at radius 3 is 2.31 bits per heavy atom. The number of nitrogens with zero attached hydrogens (tertiary/aromatic N) is 3. The van der Waals surface area contributed by atoms with Crippen LogP contribution in [0.15, 0.2) is 67.0 Å². The monoisotopic (exact) mass is 344 g/mol. The van der Waals surface area contributed by atoms with Crippen molar-refractivity contribution in [2.24, 2.45) is 0 Å². The van der Waals surface area contributed by atoms with E-state index in [0.29, 0.717) is 16.7 Å². The second-order valence-electron chi connectivity index (χ2n) is 5.84. The van der Waals surface area contributed by atoms with Gasteiger partial charge in [0, 0.05) is 17.6 Å². The fraction of sp³-hybridized carbons (Fsp3) is 0.0500. The van der Waals surface area contributed by atoms with E-state index < -0.39 is 0 Å². The molecule has 2 heterocycles. The van der Waals surface area contributed by atoms with Crippen molar-refractivity contribution in [1.82, 2.24) is 15.0 Å². The third-order valence-corrected chi connectivity index (χ3v) is 3.86. The summed E-state index contributed by atoms with van der Waals surface area (Å²) in [6.07, 6.45) is 3.13. The average molecular weight is 344 g/mol. The molecule has 4 aromatic rings. The van der Waals surface area contributed by atoms with Crippen LogP contribution in [0.25, 0.3) is 10.9 Å². The summed E-state index contributed by atoms with van der Waals surface area (Å²) in [5.74, 6) is 0.437. The predicted molar refractivity (Wildman–Crippen MR) is 100.0 cm³/mol. The molecule has 6 heteroatoms. The van der Waals surface area contributed by atoms with Crippen molar-refractivity contribution in [1.29, 1.82) is 0 Å². The van der Waals surface area contributed by atoms with Gasteiger partial charge in [0.25, 0.3) is 0 Å². The lowest BCUT2D eigenvalue weighted by Gasteiger charge is -2.09. The third kappa shape index (κ3) is 3.39. The number of ether oxygens (including phenoxy) is 1. The van der Waals surface area contributed by atoms with Gasteiger partial charge < -0.3 is 15.2 Å². The Hall–Kier alpha value is -3.67. The number of benzene rings is 2. The van der Waals surface area contributed by atoms with Crippen molar-refractivity contribution in [3.05, 3.63) is 72.6 Å². The van der Waals surface area contributed by atoms with Crippen LogP contribution in [-0.4, -0.2) is 20.1 Å². The highest BCUT2D eigenvalue weighted by atomic mass is 16.5. The van der Waals surface area contributed by atoms with Crippen LogP contribution in [0.4, 0.5) is 11.4 Å². The molecule has 0 saturated carbocycles. The van der Waals surface area contributed by atoms with Crippen molar-refractivity contribution >= 4 is 22.3 Å². The van der Waals surface area contributed by atoms with E-state index >= 15 is 0 Å². The number of aryl methyl sites for hydroxylation is 1. The van der Waals surface area contributed by atoms with Gasteiger partial charge in [-0.15, -0.1) is 0 Å². The maximum Gasteiger partial charge on any atom is 0.325 e. The van der Waals surface area contributed by atoms with Crippen molar-refractivity contribution in [2.45, 2.75) is 6.92 Å². The van der Waals surface area contributed by atoms with E-state index in [9.17, 15) is 5.11 Å². The Morgan fingerprint density at radius 1 is 0.885 bits per heavy atom. The molecule has 0 bridgehead atoms. The van der Waals surface area contributed by atoms with E-state index in [1.807, 2.05) is 36.4 Å². The zero-order valence-electron chi connectivity index (χ0n) is 14.0. The van der Waals surface area contributed by atoms with Gasteiger partial charge in [-0.05, 0) is 49.4 Å². The number of aromatic hydroxyl groups is 1. The van der Waals surface area contributed by atoms with Gasteiger partial charge in [-0.2, -0.15) is 9.97 Å². The van der Waals surface area contributed by atoms with Crippen LogP contribution in [0.3, 0.4) is 0 Å². The molecule has 26 heavy (non-hydrogen) atoms. The lowest BCUT2D eigenvalue weighted by molar-refractivity contribution is 0.412. The minimum absolute atomic E-state index is 0.0715. The van der Waals surface area contributed by atoms with Gasteiger partial charge in [-0.3, -0.25) is 4.98 Å². The molecule has 0 spiro atoms. The second kappa shape index (κ2) is 6.68. The van der Waals surface area contributed by atoms with Crippen molar-refractivity contribution in [3.63, 3.8) is 0 Å². The lowest BCUT2D eigenvalue weighted by atomic mass is 10.2. The molecule has 4 rings (SSSR count). The first-order valence-corrected chi connectivity index (χ1v) is 8.10. The molecule has 0 atom stereocenters. The van der Waals surface area contributed by atoms with E-state index in [0.717, 1.165) is 11.4 Å². The van der Waals surface area contributed by atoms with E-state index in [1.165, 1.54) is 5.56 Å². The Bertz CT molecular complexity index is 1050. The number of anilines is 2. The SMILES string of the molecule is Cc1ccc(Nc2ccc(Oc3nc(O)c4ccncc4n3)cc2)cc1. The van der Waals surface area contributed by atoms with Crippen molar-refractivity contribution < 1.29 is 9.84 Å². The fourth-order valence-corrected chi connectivity index (χ4v) is 2.50. The molecule has 2 N–H and O–H groups in total. The van der Waals surface area contributed by atoms with Gasteiger partial charge >= 0.3 is 6.01 Å². The van der Waals surface area contributed by atoms with Crippen LogP contribution in [0.2, 0.25) is 0 Å². The molecule has 2 aromatic carbocycles. The summed E-state index contributed by atoms with van der Waals surface area (Å²) < 4.78 is 5.65. The average Bonchev–Trinajstić information content (AvgIpc) is 2.65. The van der Waals surface area contributed by atoms with Crippen LogP contribution >= 0.6 is 0 Å². The molecule has 2 aromatic heterocycles. The number of nitrogens with one attached hydrogen (secondary N) is 1. The minimum atomic E-state index is -0.134. The molecular formula is C20H16N4O2. The van der Waals surface area contributed by atoms with E-state index in [4.69, 9.17) is 4.74 Å². The molecule has 0 aliphatic rings. The van der Waals surface area contributed by atoms with Crippen LogP contribution in [0, 0.1) is 6.92 Å². The van der Waals surface area contributed by atoms with Crippen LogP contribution in [0.5, 0.6) is 17.6 Å². The summed E-state index contributed by atoms with van der Waals surface area (Å²) >= 11 is 0.